The molecule has 0 spiro atoms. The Morgan fingerprint density at radius 1 is 1.26 bits per heavy atom. The normalized spacial score (nSPS) is 16.2. The Hall–Kier alpha value is -1.16. The number of likely N-dealkylation sites (tertiary alicyclic amines) is 1. The minimum absolute atomic E-state index is 0.258. The van der Waals surface area contributed by atoms with E-state index in [0.29, 0.717) is 5.75 Å². The fraction of sp³-hybridized carbons (Fsp3) is 0.533. The number of carbonyl (C=O) groups excluding carboxylic acids is 1. The van der Waals surface area contributed by atoms with E-state index >= 15 is 0 Å². The molecule has 2 N–H and O–H groups in total. The van der Waals surface area contributed by atoms with Crippen molar-refractivity contribution in [1.29, 1.82) is 0 Å². The average molecular weight is 278 g/mol. The largest absolute Gasteiger partial charge is 0.398 e. The van der Waals surface area contributed by atoms with E-state index in [-0.39, 0.29) is 5.91 Å². The van der Waals surface area contributed by atoms with Crippen molar-refractivity contribution in [3.05, 3.63) is 23.8 Å². The summed E-state index contributed by atoms with van der Waals surface area (Å²) in [7, 11) is 0. The number of nitrogens with two attached hydrogens (primary N) is 1. The van der Waals surface area contributed by atoms with Crippen LogP contribution in [0.15, 0.2) is 23.1 Å². The van der Waals surface area contributed by atoms with Crippen molar-refractivity contribution in [3.8, 4) is 0 Å². The Kier molecular flexibility index (Phi) is 5.14. The third-order valence-corrected chi connectivity index (χ3v) is 4.78. The van der Waals surface area contributed by atoms with E-state index in [4.69, 9.17) is 5.73 Å². The zero-order valence-corrected chi connectivity index (χ0v) is 12.3. The molecule has 0 radical (unpaired) electrons. The molecule has 4 heteroatoms. The molecule has 1 aliphatic rings. The van der Waals surface area contributed by atoms with E-state index < -0.39 is 0 Å². The van der Waals surface area contributed by atoms with Crippen LogP contribution in [0, 0.1) is 6.92 Å². The summed E-state index contributed by atoms with van der Waals surface area (Å²) < 4.78 is 0. The van der Waals surface area contributed by atoms with Gasteiger partial charge in [-0.25, -0.2) is 0 Å². The molecular formula is C15H22N2OS. The number of amides is 1. The first-order chi connectivity index (χ1) is 9.18. The van der Waals surface area contributed by atoms with Gasteiger partial charge in [0, 0.05) is 23.7 Å². The Morgan fingerprint density at radius 3 is 2.63 bits per heavy atom. The van der Waals surface area contributed by atoms with Gasteiger partial charge in [-0.2, -0.15) is 0 Å². The monoisotopic (exact) mass is 278 g/mol. The summed E-state index contributed by atoms with van der Waals surface area (Å²) in [5.41, 5.74) is 7.76. The van der Waals surface area contributed by atoms with Crippen molar-refractivity contribution in [2.75, 3.05) is 24.6 Å². The van der Waals surface area contributed by atoms with Crippen molar-refractivity contribution >= 4 is 23.4 Å². The minimum Gasteiger partial charge on any atom is -0.398 e. The topological polar surface area (TPSA) is 46.3 Å². The van der Waals surface area contributed by atoms with Gasteiger partial charge in [-0.15, -0.1) is 11.8 Å². The molecule has 1 fully saturated rings. The molecule has 0 aliphatic carbocycles. The van der Waals surface area contributed by atoms with Gasteiger partial charge in [-0.1, -0.05) is 18.9 Å². The van der Waals surface area contributed by atoms with E-state index in [9.17, 15) is 4.79 Å². The number of hydrogen-bond donors (Lipinski definition) is 1. The Labute approximate surface area is 119 Å². The number of hydrogen-bond acceptors (Lipinski definition) is 3. The van der Waals surface area contributed by atoms with Gasteiger partial charge >= 0.3 is 0 Å². The maximum Gasteiger partial charge on any atom is 0.232 e. The molecule has 1 aliphatic heterocycles. The summed E-state index contributed by atoms with van der Waals surface area (Å²) in [6.45, 7) is 3.86. The fourth-order valence-corrected chi connectivity index (χ4v) is 3.31. The zero-order chi connectivity index (χ0) is 13.7. The van der Waals surface area contributed by atoms with Crippen LogP contribution in [0.25, 0.3) is 0 Å². The fourth-order valence-electron chi connectivity index (χ4n) is 2.34. The van der Waals surface area contributed by atoms with Gasteiger partial charge in [-0.3, -0.25) is 4.79 Å². The standard InChI is InChI=1S/C15H22N2OS/c1-12-13(16)7-6-8-14(12)19-11-15(18)17-9-4-2-3-5-10-17/h6-8H,2-5,9-11,16H2,1H3. The van der Waals surface area contributed by atoms with Crippen LogP contribution in [0.5, 0.6) is 0 Å². The Bertz CT molecular complexity index is 440. The highest BCUT2D eigenvalue weighted by molar-refractivity contribution is 8.00. The van der Waals surface area contributed by atoms with Gasteiger partial charge in [-0.05, 0) is 37.5 Å². The minimum atomic E-state index is 0.258. The van der Waals surface area contributed by atoms with Crippen LogP contribution < -0.4 is 5.73 Å². The van der Waals surface area contributed by atoms with E-state index in [1.54, 1.807) is 11.8 Å². The van der Waals surface area contributed by atoms with Crippen molar-refractivity contribution in [2.24, 2.45) is 0 Å². The molecule has 1 amide bonds. The van der Waals surface area contributed by atoms with Gasteiger partial charge in [0.1, 0.15) is 0 Å². The lowest BCUT2D eigenvalue weighted by Gasteiger charge is -2.20. The second-order valence-corrected chi connectivity index (χ2v) is 6.07. The van der Waals surface area contributed by atoms with Gasteiger partial charge in [0.2, 0.25) is 5.91 Å². The molecule has 1 aromatic rings. The highest BCUT2D eigenvalue weighted by atomic mass is 32.2. The number of thioether (sulfide) groups is 1. The lowest BCUT2D eigenvalue weighted by Crippen LogP contribution is -2.33. The van der Waals surface area contributed by atoms with Crippen molar-refractivity contribution in [3.63, 3.8) is 0 Å². The van der Waals surface area contributed by atoms with Crippen LogP contribution >= 0.6 is 11.8 Å². The van der Waals surface area contributed by atoms with Gasteiger partial charge in [0.25, 0.3) is 0 Å². The third-order valence-electron chi connectivity index (χ3n) is 3.64. The molecular weight excluding hydrogens is 256 g/mol. The predicted octanol–water partition coefficient (Wildman–Crippen LogP) is 3.07. The average Bonchev–Trinajstić information content (AvgIpc) is 2.69. The lowest BCUT2D eigenvalue weighted by molar-refractivity contribution is -0.128. The molecule has 0 aromatic heterocycles. The molecule has 0 saturated carbocycles. The zero-order valence-electron chi connectivity index (χ0n) is 11.5. The van der Waals surface area contributed by atoms with Crippen LogP contribution in [-0.2, 0) is 4.79 Å². The number of benzene rings is 1. The first kappa shape index (κ1) is 14.3. The number of nitrogens with zero attached hydrogens (tertiary/aromatic N) is 1. The first-order valence-corrected chi connectivity index (χ1v) is 7.92. The molecule has 2 rings (SSSR count). The van der Waals surface area contributed by atoms with Crippen molar-refractivity contribution in [2.45, 2.75) is 37.5 Å². The predicted molar refractivity (Wildman–Crippen MR) is 81.4 cm³/mol. The van der Waals surface area contributed by atoms with E-state index in [1.165, 1.54) is 12.8 Å². The molecule has 0 unspecified atom stereocenters. The number of rotatable bonds is 3. The third kappa shape index (κ3) is 3.90. The number of carbonyl (C=O) groups is 1. The molecule has 1 saturated heterocycles. The lowest BCUT2D eigenvalue weighted by atomic mass is 10.2. The summed E-state index contributed by atoms with van der Waals surface area (Å²) >= 11 is 1.60. The summed E-state index contributed by atoms with van der Waals surface area (Å²) in [5, 5.41) is 0. The molecule has 0 atom stereocenters. The molecule has 0 bridgehead atoms. The number of anilines is 1. The second kappa shape index (κ2) is 6.85. The van der Waals surface area contributed by atoms with Crippen molar-refractivity contribution < 1.29 is 4.79 Å². The van der Waals surface area contributed by atoms with Crippen LogP contribution in [0.4, 0.5) is 5.69 Å². The number of nitrogen functional groups attached to an aromatic ring is 1. The summed E-state index contributed by atoms with van der Waals surface area (Å²) in [4.78, 5) is 15.3. The summed E-state index contributed by atoms with van der Waals surface area (Å²) in [6.07, 6.45) is 4.80. The molecule has 3 nitrogen and oxygen atoms in total. The smallest absolute Gasteiger partial charge is 0.232 e. The maximum atomic E-state index is 12.2. The van der Waals surface area contributed by atoms with E-state index in [1.807, 2.05) is 30.0 Å². The molecule has 104 valence electrons. The van der Waals surface area contributed by atoms with E-state index in [0.717, 1.165) is 42.1 Å². The Balaban J connectivity index is 1.90. The Morgan fingerprint density at radius 2 is 1.95 bits per heavy atom. The molecule has 1 heterocycles. The highest BCUT2D eigenvalue weighted by Crippen LogP contribution is 2.26. The highest BCUT2D eigenvalue weighted by Gasteiger charge is 2.15. The maximum absolute atomic E-state index is 12.2. The second-order valence-electron chi connectivity index (χ2n) is 5.05. The molecule has 19 heavy (non-hydrogen) atoms. The first-order valence-electron chi connectivity index (χ1n) is 6.94. The van der Waals surface area contributed by atoms with Crippen LogP contribution in [0.1, 0.15) is 31.2 Å². The van der Waals surface area contributed by atoms with Gasteiger partial charge in [0.15, 0.2) is 0 Å². The SMILES string of the molecule is Cc1c(N)cccc1SCC(=O)N1CCCCCC1. The van der Waals surface area contributed by atoms with Gasteiger partial charge < -0.3 is 10.6 Å². The molecule has 1 aromatic carbocycles. The quantitative estimate of drug-likeness (QED) is 0.683. The van der Waals surface area contributed by atoms with Gasteiger partial charge in [0.05, 0.1) is 5.75 Å². The van der Waals surface area contributed by atoms with Crippen LogP contribution in [0.2, 0.25) is 0 Å². The summed E-state index contributed by atoms with van der Waals surface area (Å²) in [5.74, 6) is 0.776. The van der Waals surface area contributed by atoms with E-state index in [2.05, 4.69) is 0 Å². The van der Waals surface area contributed by atoms with Crippen molar-refractivity contribution in [1.82, 2.24) is 4.90 Å². The summed E-state index contributed by atoms with van der Waals surface area (Å²) in [6, 6.07) is 5.88. The van der Waals surface area contributed by atoms with Crippen LogP contribution in [0.3, 0.4) is 0 Å². The van der Waals surface area contributed by atoms with Crippen LogP contribution in [-0.4, -0.2) is 29.6 Å².